The number of likely N-dealkylation sites (tertiary alicyclic amines) is 1. The molecule has 2 nitrogen and oxygen atoms in total. The zero-order valence-electron chi connectivity index (χ0n) is 21.4. The first-order valence-electron chi connectivity index (χ1n) is 13.3. The van der Waals surface area contributed by atoms with Crippen LogP contribution in [0, 0.1) is 6.92 Å². The third kappa shape index (κ3) is 4.76. The molecular formula is C34H38N2. The van der Waals surface area contributed by atoms with Crippen LogP contribution in [0.1, 0.15) is 47.1 Å². The van der Waals surface area contributed by atoms with Gasteiger partial charge in [0.05, 0.1) is 0 Å². The van der Waals surface area contributed by atoms with Crippen molar-refractivity contribution in [3.8, 4) is 0 Å². The number of rotatable bonds is 8. The smallest absolute Gasteiger partial charge is 0.0463 e. The molecule has 0 aromatic heterocycles. The predicted molar refractivity (Wildman–Crippen MR) is 151 cm³/mol. The summed E-state index contributed by atoms with van der Waals surface area (Å²) in [5, 5.41) is 0. The largest absolute Gasteiger partial charge is 0.330 e. The zero-order valence-corrected chi connectivity index (χ0v) is 21.4. The maximum atomic E-state index is 6.38. The summed E-state index contributed by atoms with van der Waals surface area (Å²) in [5.74, 6) is 0. The van der Waals surface area contributed by atoms with Gasteiger partial charge in [0.25, 0.3) is 0 Å². The average molecular weight is 475 g/mol. The van der Waals surface area contributed by atoms with Crippen LogP contribution in [-0.4, -0.2) is 31.1 Å². The Hall–Kier alpha value is -3.20. The third-order valence-electron chi connectivity index (χ3n) is 8.47. The van der Waals surface area contributed by atoms with E-state index in [9.17, 15) is 0 Å². The minimum absolute atomic E-state index is 0.102. The van der Waals surface area contributed by atoms with E-state index in [0.717, 1.165) is 38.9 Å². The van der Waals surface area contributed by atoms with E-state index in [1.807, 2.05) is 0 Å². The Morgan fingerprint density at radius 3 is 1.64 bits per heavy atom. The highest BCUT2D eigenvalue weighted by molar-refractivity contribution is 5.50. The molecule has 2 heteroatoms. The van der Waals surface area contributed by atoms with E-state index >= 15 is 0 Å². The first-order chi connectivity index (χ1) is 17.7. The van der Waals surface area contributed by atoms with Crippen LogP contribution in [0.25, 0.3) is 0 Å². The van der Waals surface area contributed by atoms with Crippen molar-refractivity contribution in [3.63, 3.8) is 0 Å². The van der Waals surface area contributed by atoms with Crippen molar-refractivity contribution in [1.82, 2.24) is 4.90 Å². The molecule has 1 aliphatic rings. The van der Waals surface area contributed by atoms with Gasteiger partial charge in [0.1, 0.15) is 0 Å². The molecule has 0 bridgehead atoms. The molecule has 0 saturated carbocycles. The fraction of sp³-hybridized carbons (Fsp3) is 0.294. The average Bonchev–Trinajstić information content (AvgIpc) is 2.96. The third-order valence-corrected chi connectivity index (χ3v) is 8.47. The first kappa shape index (κ1) is 24.5. The molecule has 4 aromatic rings. The van der Waals surface area contributed by atoms with Crippen LogP contribution in [0.5, 0.6) is 0 Å². The van der Waals surface area contributed by atoms with Crippen LogP contribution in [0.15, 0.2) is 115 Å². The summed E-state index contributed by atoms with van der Waals surface area (Å²) in [5.41, 5.74) is 13.1. The molecular weight excluding hydrogens is 436 g/mol. The van der Waals surface area contributed by atoms with Gasteiger partial charge >= 0.3 is 0 Å². The maximum absolute atomic E-state index is 6.38. The number of aryl methyl sites for hydroxylation is 1. The second-order valence-electron chi connectivity index (χ2n) is 10.4. The second-order valence-corrected chi connectivity index (χ2v) is 10.4. The van der Waals surface area contributed by atoms with Gasteiger partial charge in [-0.25, -0.2) is 0 Å². The van der Waals surface area contributed by atoms with Crippen molar-refractivity contribution in [2.75, 3.05) is 26.2 Å². The molecule has 1 aliphatic heterocycles. The van der Waals surface area contributed by atoms with E-state index in [2.05, 4.69) is 127 Å². The molecule has 5 rings (SSSR count). The summed E-state index contributed by atoms with van der Waals surface area (Å²) in [6.07, 6.45) is 3.26. The lowest BCUT2D eigenvalue weighted by atomic mass is 9.67. The van der Waals surface area contributed by atoms with Crippen LogP contribution in [-0.2, 0) is 10.8 Å². The van der Waals surface area contributed by atoms with E-state index in [4.69, 9.17) is 5.73 Å². The number of nitrogens with two attached hydrogens (primary N) is 1. The van der Waals surface area contributed by atoms with Crippen molar-refractivity contribution in [2.24, 2.45) is 5.73 Å². The maximum Gasteiger partial charge on any atom is 0.0463 e. The topological polar surface area (TPSA) is 29.3 Å². The highest BCUT2D eigenvalue weighted by atomic mass is 15.1. The highest BCUT2D eigenvalue weighted by Crippen LogP contribution is 2.43. The van der Waals surface area contributed by atoms with Gasteiger partial charge in [-0.2, -0.15) is 0 Å². The van der Waals surface area contributed by atoms with Crippen LogP contribution in [0.2, 0.25) is 0 Å². The molecule has 184 valence electrons. The van der Waals surface area contributed by atoms with E-state index in [0.29, 0.717) is 6.54 Å². The second kappa shape index (κ2) is 10.8. The fourth-order valence-corrected chi connectivity index (χ4v) is 6.15. The van der Waals surface area contributed by atoms with Crippen molar-refractivity contribution >= 4 is 0 Å². The summed E-state index contributed by atoms with van der Waals surface area (Å²) in [4.78, 5) is 2.66. The lowest BCUT2D eigenvalue weighted by Gasteiger charge is -2.43. The summed E-state index contributed by atoms with van der Waals surface area (Å²) in [6.45, 7) is 6.10. The Labute approximate surface area is 216 Å². The summed E-state index contributed by atoms with van der Waals surface area (Å²) >= 11 is 0. The summed E-state index contributed by atoms with van der Waals surface area (Å²) in [6, 6.07) is 42.3. The fourth-order valence-electron chi connectivity index (χ4n) is 6.15. The minimum atomic E-state index is -0.196. The summed E-state index contributed by atoms with van der Waals surface area (Å²) < 4.78 is 0. The molecule has 36 heavy (non-hydrogen) atoms. The molecule has 1 saturated heterocycles. The molecule has 0 spiro atoms. The van der Waals surface area contributed by atoms with Crippen molar-refractivity contribution in [2.45, 2.75) is 37.0 Å². The number of hydrogen-bond donors (Lipinski definition) is 1. The Morgan fingerprint density at radius 1 is 0.667 bits per heavy atom. The number of benzene rings is 4. The zero-order chi connectivity index (χ0) is 24.8. The molecule has 1 heterocycles. The van der Waals surface area contributed by atoms with Gasteiger partial charge in [-0.1, -0.05) is 121 Å². The van der Waals surface area contributed by atoms with Gasteiger partial charge in [-0.15, -0.1) is 0 Å². The van der Waals surface area contributed by atoms with Crippen molar-refractivity contribution in [3.05, 3.63) is 143 Å². The molecule has 0 unspecified atom stereocenters. The first-order valence-corrected chi connectivity index (χ1v) is 13.3. The van der Waals surface area contributed by atoms with Crippen LogP contribution < -0.4 is 5.73 Å². The van der Waals surface area contributed by atoms with Gasteiger partial charge in [0, 0.05) is 17.4 Å². The van der Waals surface area contributed by atoms with Gasteiger partial charge in [-0.3, -0.25) is 0 Å². The van der Waals surface area contributed by atoms with Crippen molar-refractivity contribution < 1.29 is 0 Å². The molecule has 1 fully saturated rings. The van der Waals surface area contributed by atoms with E-state index in [1.54, 1.807) is 0 Å². The van der Waals surface area contributed by atoms with Gasteiger partial charge in [0.2, 0.25) is 0 Å². The summed E-state index contributed by atoms with van der Waals surface area (Å²) in [7, 11) is 0. The Balaban J connectivity index is 1.45. The van der Waals surface area contributed by atoms with E-state index in [-0.39, 0.29) is 10.8 Å². The molecule has 0 atom stereocenters. The normalized spacial score (nSPS) is 16.1. The van der Waals surface area contributed by atoms with Crippen LogP contribution >= 0.6 is 0 Å². The molecule has 0 radical (unpaired) electrons. The minimum Gasteiger partial charge on any atom is -0.330 e. The monoisotopic (exact) mass is 474 g/mol. The lowest BCUT2D eigenvalue weighted by molar-refractivity contribution is 0.155. The highest BCUT2D eigenvalue weighted by Gasteiger charge is 2.39. The Kier molecular flexibility index (Phi) is 7.36. The molecule has 0 aliphatic carbocycles. The molecule has 4 aromatic carbocycles. The lowest BCUT2D eigenvalue weighted by Crippen LogP contribution is -2.47. The Bertz CT molecular complexity index is 1170. The number of hydrogen-bond acceptors (Lipinski definition) is 2. The van der Waals surface area contributed by atoms with E-state index in [1.165, 1.54) is 27.8 Å². The number of piperidine rings is 1. The SMILES string of the molecule is Cc1ccc(C(CCN2CCC(CN)(c3ccccc3)CC2)(c2ccccc2)c2ccccc2)cc1. The Morgan fingerprint density at radius 2 is 1.14 bits per heavy atom. The van der Waals surface area contributed by atoms with Crippen molar-refractivity contribution in [1.29, 1.82) is 0 Å². The van der Waals surface area contributed by atoms with Crippen LogP contribution in [0.4, 0.5) is 0 Å². The number of nitrogens with zero attached hydrogens (tertiary/aromatic N) is 1. The van der Waals surface area contributed by atoms with E-state index < -0.39 is 0 Å². The molecule has 2 N–H and O–H groups in total. The standard InChI is InChI=1S/C34H38N2/c1-28-17-19-32(20-18-28)34(30-13-7-3-8-14-30,31-15-9-4-10-16-31)23-26-36-24-21-33(27-35,22-25-36)29-11-5-2-6-12-29/h2-20H,21-27,35H2,1H3. The molecule has 0 amide bonds. The quantitative estimate of drug-likeness (QED) is 0.288. The predicted octanol–water partition coefficient (Wildman–Crippen LogP) is 6.71. The van der Waals surface area contributed by atoms with Gasteiger partial charge < -0.3 is 10.6 Å². The van der Waals surface area contributed by atoms with Gasteiger partial charge in [-0.05, 0) is 68.1 Å². The van der Waals surface area contributed by atoms with Crippen LogP contribution in [0.3, 0.4) is 0 Å². The van der Waals surface area contributed by atoms with Gasteiger partial charge in [0.15, 0.2) is 0 Å².